The van der Waals surface area contributed by atoms with Crippen molar-refractivity contribution < 1.29 is 9.59 Å². The van der Waals surface area contributed by atoms with Crippen LogP contribution in [-0.4, -0.2) is 17.9 Å². The molecular formula is C17H24N2O2. The van der Waals surface area contributed by atoms with Crippen LogP contribution >= 0.6 is 0 Å². The molecule has 4 heteroatoms. The van der Waals surface area contributed by atoms with Gasteiger partial charge in [-0.1, -0.05) is 37.3 Å². The minimum atomic E-state index is -0.166. The van der Waals surface area contributed by atoms with Crippen molar-refractivity contribution in [1.82, 2.24) is 10.6 Å². The quantitative estimate of drug-likeness (QED) is 0.844. The van der Waals surface area contributed by atoms with Crippen LogP contribution in [0.15, 0.2) is 30.3 Å². The Hall–Kier alpha value is -1.84. The van der Waals surface area contributed by atoms with Crippen molar-refractivity contribution in [2.75, 3.05) is 0 Å². The summed E-state index contributed by atoms with van der Waals surface area (Å²) in [4.78, 5) is 24.1. The molecule has 4 atom stereocenters. The second-order valence-electron chi connectivity index (χ2n) is 5.91. The minimum Gasteiger partial charge on any atom is -0.353 e. The Labute approximate surface area is 126 Å². The van der Waals surface area contributed by atoms with E-state index >= 15 is 0 Å². The summed E-state index contributed by atoms with van der Waals surface area (Å²) >= 11 is 0. The maximum absolute atomic E-state index is 12.2. The fourth-order valence-corrected chi connectivity index (χ4v) is 2.37. The van der Waals surface area contributed by atoms with Crippen molar-refractivity contribution in [3.8, 4) is 0 Å². The lowest BCUT2D eigenvalue weighted by Gasteiger charge is -2.14. The Morgan fingerprint density at radius 2 is 1.67 bits per heavy atom. The van der Waals surface area contributed by atoms with E-state index in [4.69, 9.17) is 0 Å². The van der Waals surface area contributed by atoms with Gasteiger partial charge < -0.3 is 10.6 Å². The Morgan fingerprint density at radius 1 is 1.10 bits per heavy atom. The Morgan fingerprint density at radius 3 is 2.24 bits per heavy atom. The normalized spacial score (nSPS) is 23.0. The molecule has 1 aliphatic rings. The number of hydrogen-bond donors (Lipinski definition) is 2. The van der Waals surface area contributed by atoms with Crippen molar-refractivity contribution in [3.05, 3.63) is 35.9 Å². The van der Waals surface area contributed by atoms with E-state index in [9.17, 15) is 9.59 Å². The summed E-state index contributed by atoms with van der Waals surface area (Å²) in [6.45, 7) is 5.97. The van der Waals surface area contributed by atoms with Gasteiger partial charge in [0.15, 0.2) is 0 Å². The van der Waals surface area contributed by atoms with Crippen LogP contribution in [0, 0.1) is 11.8 Å². The highest BCUT2D eigenvalue weighted by molar-refractivity contribution is 5.92. The molecule has 0 heterocycles. The number of amides is 2. The Kier molecular flexibility index (Phi) is 4.99. The van der Waals surface area contributed by atoms with Crippen molar-refractivity contribution in [3.63, 3.8) is 0 Å². The van der Waals surface area contributed by atoms with Gasteiger partial charge >= 0.3 is 0 Å². The molecule has 0 spiro atoms. The molecule has 2 rings (SSSR count). The molecule has 0 aromatic heterocycles. The van der Waals surface area contributed by atoms with Crippen molar-refractivity contribution >= 4 is 11.8 Å². The van der Waals surface area contributed by atoms with Crippen LogP contribution < -0.4 is 10.6 Å². The summed E-state index contributed by atoms with van der Waals surface area (Å²) in [7, 11) is 0. The topological polar surface area (TPSA) is 58.2 Å². The number of hydrogen-bond acceptors (Lipinski definition) is 2. The zero-order valence-electron chi connectivity index (χ0n) is 12.9. The minimum absolute atomic E-state index is 0.0110. The number of benzene rings is 1. The smallest absolute Gasteiger partial charge is 0.224 e. The van der Waals surface area contributed by atoms with E-state index in [2.05, 4.69) is 10.6 Å². The molecule has 2 N–H and O–H groups in total. The molecule has 1 aliphatic carbocycles. The molecule has 0 radical (unpaired) electrons. The van der Waals surface area contributed by atoms with Gasteiger partial charge in [0, 0.05) is 6.04 Å². The first-order chi connectivity index (χ1) is 10.0. The van der Waals surface area contributed by atoms with E-state index < -0.39 is 0 Å². The average Bonchev–Trinajstić information content (AvgIpc) is 3.28. The first kappa shape index (κ1) is 15.5. The highest BCUT2D eigenvalue weighted by Crippen LogP contribution is 2.39. The molecule has 0 saturated heterocycles. The lowest BCUT2D eigenvalue weighted by Crippen LogP contribution is -2.35. The molecule has 114 valence electrons. The van der Waals surface area contributed by atoms with Crippen LogP contribution in [0.1, 0.15) is 45.2 Å². The number of rotatable bonds is 6. The van der Waals surface area contributed by atoms with Gasteiger partial charge in [-0.25, -0.2) is 0 Å². The average molecular weight is 288 g/mol. The van der Waals surface area contributed by atoms with Crippen molar-refractivity contribution in [2.45, 2.75) is 45.7 Å². The third-order valence-electron chi connectivity index (χ3n) is 4.12. The van der Waals surface area contributed by atoms with Gasteiger partial charge in [-0.3, -0.25) is 9.59 Å². The molecule has 1 saturated carbocycles. The summed E-state index contributed by atoms with van der Waals surface area (Å²) in [6, 6.07) is 9.99. The predicted molar refractivity (Wildman–Crippen MR) is 82.5 cm³/mol. The van der Waals surface area contributed by atoms with Crippen LogP contribution in [0.25, 0.3) is 0 Å². The first-order valence-electron chi connectivity index (χ1n) is 7.68. The van der Waals surface area contributed by atoms with E-state index in [-0.39, 0.29) is 35.7 Å². The molecule has 1 fully saturated rings. The molecule has 0 bridgehead atoms. The van der Waals surface area contributed by atoms with Crippen LogP contribution in [-0.2, 0) is 9.59 Å². The Bertz CT molecular complexity index is 501. The fraction of sp³-hybridized carbons (Fsp3) is 0.529. The largest absolute Gasteiger partial charge is 0.353 e. The summed E-state index contributed by atoms with van der Waals surface area (Å²) in [5.74, 6) is -0.324. The van der Waals surface area contributed by atoms with Crippen LogP contribution in [0.2, 0.25) is 0 Å². The SMILES string of the molecule is CCC(C)NC(=O)C1CC1C(=O)NC(C)c1ccccc1. The number of carbonyl (C=O) groups excluding carboxylic acids is 2. The highest BCUT2D eigenvalue weighted by atomic mass is 16.2. The standard InChI is InChI=1S/C17H24N2O2/c1-4-11(2)18-16(20)14-10-15(14)17(21)19-12(3)13-8-6-5-7-9-13/h5-9,11-12,14-15H,4,10H2,1-3H3,(H,18,20)(H,19,21). The second kappa shape index (κ2) is 6.74. The lowest BCUT2D eigenvalue weighted by molar-refractivity contribution is -0.127. The van der Waals surface area contributed by atoms with Gasteiger partial charge in [0.25, 0.3) is 0 Å². The van der Waals surface area contributed by atoms with Gasteiger partial charge in [0.1, 0.15) is 0 Å². The maximum atomic E-state index is 12.2. The molecule has 0 aliphatic heterocycles. The van der Waals surface area contributed by atoms with Gasteiger partial charge in [-0.2, -0.15) is 0 Å². The summed E-state index contributed by atoms with van der Waals surface area (Å²) < 4.78 is 0. The molecule has 2 amide bonds. The number of nitrogens with one attached hydrogen (secondary N) is 2. The zero-order chi connectivity index (χ0) is 15.4. The van der Waals surface area contributed by atoms with Crippen LogP contribution in [0.5, 0.6) is 0 Å². The third kappa shape index (κ3) is 4.06. The van der Waals surface area contributed by atoms with Crippen molar-refractivity contribution in [2.24, 2.45) is 11.8 Å². The Balaban J connectivity index is 1.82. The van der Waals surface area contributed by atoms with Gasteiger partial charge in [0.05, 0.1) is 17.9 Å². The monoisotopic (exact) mass is 288 g/mol. The lowest BCUT2D eigenvalue weighted by atomic mass is 10.1. The molecule has 1 aromatic rings. The second-order valence-corrected chi connectivity index (χ2v) is 5.91. The maximum Gasteiger partial charge on any atom is 0.224 e. The number of carbonyl (C=O) groups is 2. The first-order valence-corrected chi connectivity index (χ1v) is 7.68. The van der Waals surface area contributed by atoms with E-state index in [0.29, 0.717) is 6.42 Å². The molecule has 4 nitrogen and oxygen atoms in total. The fourth-order valence-electron chi connectivity index (χ4n) is 2.37. The van der Waals surface area contributed by atoms with E-state index in [1.165, 1.54) is 0 Å². The predicted octanol–water partition coefficient (Wildman–Crippen LogP) is 2.41. The zero-order valence-corrected chi connectivity index (χ0v) is 12.9. The van der Waals surface area contributed by atoms with Gasteiger partial charge in [-0.15, -0.1) is 0 Å². The van der Waals surface area contributed by atoms with Crippen LogP contribution in [0.4, 0.5) is 0 Å². The molecular weight excluding hydrogens is 264 g/mol. The summed E-state index contributed by atoms with van der Waals surface area (Å²) in [6.07, 6.45) is 1.57. The summed E-state index contributed by atoms with van der Waals surface area (Å²) in [5.41, 5.74) is 1.08. The van der Waals surface area contributed by atoms with E-state index in [0.717, 1.165) is 12.0 Å². The van der Waals surface area contributed by atoms with Gasteiger partial charge in [0.2, 0.25) is 11.8 Å². The molecule has 1 aromatic carbocycles. The van der Waals surface area contributed by atoms with Crippen LogP contribution in [0.3, 0.4) is 0 Å². The third-order valence-corrected chi connectivity index (χ3v) is 4.12. The van der Waals surface area contributed by atoms with E-state index in [1.807, 2.05) is 51.1 Å². The van der Waals surface area contributed by atoms with E-state index in [1.54, 1.807) is 0 Å². The molecule has 21 heavy (non-hydrogen) atoms. The molecule has 4 unspecified atom stereocenters. The highest BCUT2D eigenvalue weighted by Gasteiger charge is 2.48. The van der Waals surface area contributed by atoms with Crippen molar-refractivity contribution in [1.29, 1.82) is 0 Å². The summed E-state index contributed by atoms with van der Waals surface area (Å²) in [5, 5.41) is 5.93. The van der Waals surface area contributed by atoms with Gasteiger partial charge in [-0.05, 0) is 32.3 Å².